The number of carbonyl (C=O) groups excluding carboxylic acids is 2. The summed E-state index contributed by atoms with van der Waals surface area (Å²) in [4.78, 5) is 29.2. The number of rotatable bonds is 4. The second-order valence-electron chi connectivity index (χ2n) is 8.56. The van der Waals surface area contributed by atoms with E-state index in [-0.39, 0.29) is 5.91 Å². The summed E-state index contributed by atoms with van der Waals surface area (Å²) in [5.41, 5.74) is 8.07. The van der Waals surface area contributed by atoms with Crippen LogP contribution in [0.5, 0.6) is 11.5 Å². The Hall–Kier alpha value is -3.85. The van der Waals surface area contributed by atoms with Gasteiger partial charge in [0.2, 0.25) is 0 Å². The number of fused-ring (bicyclic) bond motifs is 1. The first-order valence-corrected chi connectivity index (χ1v) is 11.2. The van der Waals surface area contributed by atoms with Gasteiger partial charge in [-0.05, 0) is 75.4 Å². The molecule has 3 N–H and O–H groups in total. The van der Waals surface area contributed by atoms with Gasteiger partial charge in [0.15, 0.2) is 0 Å². The van der Waals surface area contributed by atoms with Crippen molar-refractivity contribution in [3.63, 3.8) is 0 Å². The maximum absolute atomic E-state index is 12.5. The zero-order valence-electron chi connectivity index (χ0n) is 18.8. The number of benzene rings is 3. The third-order valence-corrected chi connectivity index (χ3v) is 5.24. The number of amides is 1. The minimum Gasteiger partial charge on any atom is -0.455 e. The number of aromatic nitrogens is 2. The molecular formula is C25H23BrN4O4. The number of ether oxygens (including phenoxy) is 2. The summed E-state index contributed by atoms with van der Waals surface area (Å²) in [7, 11) is 0. The van der Waals surface area contributed by atoms with Gasteiger partial charge in [0.05, 0.1) is 16.7 Å². The highest BCUT2D eigenvalue weighted by Gasteiger charge is 2.20. The number of anilines is 2. The molecule has 4 aromatic rings. The number of nitrogen functional groups attached to an aromatic ring is 1. The van der Waals surface area contributed by atoms with Crippen LogP contribution in [0.2, 0.25) is 0 Å². The summed E-state index contributed by atoms with van der Waals surface area (Å²) in [6.45, 7) is 5.40. The number of halogens is 1. The van der Waals surface area contributed by atoms with Crippen LogP contribution in [0.1, 0.15) is 31.1 Å². The topological polar surface area (TPSA) is 108 Å². The fraction of sp³-hybridized carbons (Fsp3) is 0.160. The molecule has 0 atom stereocenters. The third-order valence-electron chi connectivity index (χ3n) is 4.71. The molecule has 3 aromatic carbocycles. The first kappa shape index (κ1) is 23.3. The van der Waals surface area contributed by atoms with Gasteiger partial charge in [-0.3, -0.25) is 4.79 Å². The van der Waals surface area contributed by atoms with Gasteiger partial charge in [-0.2, -0.15) is 0 Å². The van der Waals surface area contributed by atoms with Crippen LogP contribution in [0.25, 0.3) is 11.0 Å². The quantitative estimate of drug-likeness (QED) is 0.308. The lowest BCUT2D eigenvalue weighted by Crippen LogP contribution is -2.26. The Morgan fingerprint density at radius 3 is 2.44 bits per heavy atom. The molecule has 0 saturated carbocycles. The normalized spacial score (nSPS) is 11.3. The molecule has 0 radical (unpaired) electrons. The van der Waals surface area contributed by atoms with E-state index in [0.29, 0.717) is 39.5 Å². The van der Waals surface area contributed by atoms with Crippen LogP contribution in [0, 0.1) is 0 Å². The average molecular weight is 523 g/mol. The van der Waals surface area contributed by atoms with Crippen molar-refractivity contribution in [2.75, 3.05) is 11.1 Å². The SMILES string of the molecule is CC(C)(C)OC(=O)n1cnc2cc(Oc3ccc(C(=O)Nc4ccc(Br)cc4)cc3N)ccc21. The summed E-state index contributed by atoms with van der Waals surface area (Å²) in [5.74, 6) is 0.599. The van der Waals surface area contributed by atoms with Gasteiger partial charge in [-0.25, -0.2) is 14.3 Å². The minimum absolute atomic E-state index is 0.283. The Balaban J connectivity index is 1.49. The predicted molar refractivity (Wildman–Crippen MR) is 134 cm³/mol. The molecule has 0 aliphatic rings. The van der Waals surface area contributed by atoms with Gasteiger partial charge >= 0.3 is 6.09 Å². The van der Waals surface area contributed by atoms with Crippen molar-refractivity contribution in [3.05, 3.63) is 77.0 Å². The van der Waals surface area contributed by atoms with Gasteiger partial charge in [-0.1, -0.05) is 15.9 Å². The molecule has 8 nitrogen and oxygen atoms in total. The summed E-state index contributed by atoms with van der Waals surface area (Å²) >= 11 is 3.36. The van der Waals surface area contributed by atoms with Crippen LogP contribution < -0.4 is 15.8 Å². The maximum Gasteiger partial charge on any atom is 0.420 e. The highest BCUT2D eigenvalue weighted by molar-refractivity contribution is 9.10. The molecule has 0 bridgehead atoms. The summed E-state index contributed by atoms with van der Waals surface area (Å²) in [5, 5.41) is 2.82. The first-order chi connectivity index (χ1) is 16.1. The highest BCUT2D eigenvalue weighted by Crippen LogP contribution is 2.30. The van der Waals surface area contributed by atoms with Crippen LogP contribution in [0.3, 0.4) is 0 Å². The lowest BCUT2D eigenvalue weighted by atomic mass is 10.1. The molecule has 34 heavy (non-hydrogen) atoms. The standard InChI is InChI=1S/C25H23BrN4O4/c1-25(2,3)34-24(32)30-14-28-20-13-18(9-10-21(20)30)33-22-11-4-15(12-19(22)27)23(31)29-17-7-5-16(26)6-8-17/h4-14H,27H2,1-3H3,(H,29,31). The van der Waals surface area contributed by atoms with Crippen LogP contribution >= 0.6 is 15.9 Å². The molecule has 0 aliphatic heterocycles. The van der Waals surface area contributed by atoms with Gasteiger partial charge in [0, 0.05) is 21.8 Å². The number of nitrogens with two attached hydrogens (primary N) is 1. The first-order valence-electron chi connectivity index (χ1n) is 10.4. The molecule has 0 saturated heterocycles. The number of imidazole rings is 1. The van der Waals surface area contributed by atoms with Gasteiger partial charge in [0.25, 0.3) is 5.91 Å². The summed E-state index contributed by atoms with van der Waals surface area (Å²) < 4.78 is 13.6. The van der Waals surface area contributed by atoms with Crippen LogP contribution in [-0.2, 0) is 4.74 Å². The van der Waals surface area contributed by atoms with E-state index in [9.17, 15) is 9.59 Å². The maximum atomic E-state index is 12.5. The molecule has 0 fully saturated rings. The van der Waals surface area contributed by atoms with E-state index in [0.717, 1.165) is 4.47 Å². The molecule has 9 heteroatoms. The molecular weight excluding hydrogens is 500 g/mol. The van der Waals surface area contributed by atoms with E-state index in [4.69, 9.17) is 15.2 Å². The van der Waals surface area contributed by atoms with Crippen molar-refractivity contribution < 1.29 is 19.1 Å². The van der Waals surface area contributed by atoms with Gasteiger partial charge < -0.3 is 20.5 Å². The molecule has 174 valence electrons. The number of hydrogen-bond donors (Lipinski definition) is 2. The van der Waals surface area contributed by atoms with Crippen LogP contribution in [0.15, 0.2) is 71.5 Å². The second kappa shape index (κ2) is 9.18. The molecule has 1 aromatic heterocycles. The van der Waals surface area contributed by atoms with Crippen molar-refractivity contribution in [3.8, 4) is 11.5 Å². The Kier molecular flexibility index (Phi) is 6.30. The van der Waals surface area contributed by atoms with Crippen molar-refractivity contribution in [2.24, 2.45) is 0 Å². The molecule has 1 heterocycles. The Bertz CT molecular complexity index is 1370. The molecule has 4 rings (SSSR count). The zero-order valence-corrected chi connectivity index (χ0v) is 20.4. The van der Waals surface area contributed by atoms with Crippen molar-refractivity contribution in [2.45, 2.75) is 26.4 Å². The summed E-state index contributed by atoms with van der Waals surface area (Å²) in [6.07, 6.45) is 0.903. The predicted octanol–water partition coefficient (Wildman–Crippen LogP) is 6.21. The van der Waals surface area contributed by atoms with Crippen molar-refractivity contribution in [1.82, 2.24) is 9.55 Å². The number of carbonyl (C=O) groups is 2. The van der Waals surface area contributed by atoms with E-state index in [2.05, 4.69) is 26.2 Å². The lowest BCUT2D eigenvalue weighted by molar-refractivity contribution is 0.0543. The Labute approximate surface area is 204 Å². The number of nitrogens with one attached hydrogen (secondary N) is 1. The van der Waals surface area contributed by atoms with Crippen molar-refractivity contribution in [1.29, 1.82) is 0 Å². The number of nitrogens with zero attached hydrogens (tertiary/aromatic N) is 2. The largest absolute Gasteiger partial charge is 0.455 e. The van der Waals surface area contributed by atoms with Gasteiger partial charge in [0.1, 0.15) is 23.4 Å². The minimum atomic E-state index is -0.616. The van der Waals surface area contributed by atoms with E-state index >= 15 is 0 Å². The Morgan fingerprint density at radius 2 is 1.76 bits per heavy atom. The van der Waals surface area contributed by atoms with E-state index in [1.54, 1.807) is 69.3 Å². The summed E-state index contributed by atoms with van der Waals surface area (Å²) in [6, 6.07) is 17.2. The number of hydrogen-bond acceptors (Lipinski definition) is 6. The fourth-order valence-corrected chi connectivity index (χ4v) is 3.42. The smallest absolute Gasteiger partial charge is 0.420 e. The average Bonchev–Trinajstić information content (AvgIpc) is 3.19. The lowest BCUT2D eigenvalue weighted by Gasteiger charge is -2.19. The monoisotopic (exact) mass is 522 g/mol. The van der Waals surface area contributed by atoms with Crippen LogP contribution in [0.4, 0.5) is 16.2 Å². The molecule has 0 aliphatic carbocycles. The zero-order chi connectivity index (χ0) is 24.5. The molecule has 1 amide bonds. The van der Waals surface area contributed by atoms with E-state index in [1.165, 1.54) is 10.9 Å². The van der Waals surface area contributed by atoms with E-state index in [1.807, 2.05) is 12.1 Å². The fourth-order valence-electron chi connectivity index (χ4n) is 3.16. The van der Waals surface area contributed by atoms with Gasteiger partial charge in [-0.15, -0.1) is 0 Å². The highest BCUT2D eigenvalue weighted by atomic mass is 79.9. The third kappa shape index (κ3) is 5.37. The molecule has 0 spiro atoms. The molecule has 0 unspecified atom stereocenters. The van der Waals surface area contributed by atoms with E-state index < -0.39 is 11.7 Å². The van der Waals surface area contributed by atoms with Crippen molar-refractivity contribution >= 4 is 50.3 Å². The van der Waals surface area contributed by atoms with Crippen LogP contribution in [-0.4, -0.2) is 27.2 Å². The second-order valence-corrected chi connectivity index (χ2v) is 9.48. The Morgan fingerprint density at radius 1 is 1.03 bits per heavy atom.